The Morgan fingerprint density at radius 1 is 0.769 bits per heavy atom. The van der Waals surface area contributed by atoms with Gasteiger partial charge in [-0.1, -0.05) is 30.4 Å². The average molecular weight is 175 g/mol. The van der Waals surface area contributed by atoms with Crippen LogP contribution in [0.5, 0.6) is 0 Å². The summed E-state index contributed by atoms with van der Waals surface area (Å²) in [4.78, 5) is 0. The highest BCUT2D eigenvalue weighted by atomic mass is 13.9. The molecule has 1 aliphatic carbocycles. The van der Waals surface area contributed by atoms with Crippen LogP contribution in [0.3, 0.4) is 0 Å². The van der Waals surface area contributed by atoms with Crippen molar-refractivity contribution in [3.8, 4) is 0 Å². The van der Waals surface area contributed by atoms with E-state index in [9.17, 15) is 0 Å². The SMILES string of the molecule is [C]1=C/CCC/C=C\C/C=C/CCC/1. The zero-order chi connectivity index (χ0) is 9.19. The van der Waals surface area contributed by atoms with Crippen LogP contribution in [-0.4, -0.2) is 0 Å². The highest BCUT2D eigenvalue weighted by Gasteiger charge is 1.84. The van der Waals surface area contributed by atoms with Gasteiger partial charge in [-0.25, -0.2) is 0 Å². The van der Waals surface area contributed by atoms with E-state index in [2.05, 4.69) is 36.5 Å². The summed E-state index contributed by atoms with van der Waals surface area (Å²) in [5.41, 5.74) is 0. The first-order chi connectivity index (χ1) is 6.50. The fourth-order valence-electron chi connectivity index (χ4n) is 1.37. The van der Waals surface area contributed by atoms with E-state index in [4.69, 9.17) is 0 Å². The Bertz CT molecular complexity index is 164. The van der Waals surface area contributed by atoms with Crippen LogP contribution in [0.15, 0.2) is 30.4 Å². The summed E-state index contributed by atoms with van der Waals surface area (Å²) in [7, 11) is 0. The molecule has 0 aromatic carbocycles. The second kappa shape index (κ2) is 7.85. The fourth-order valence-corrected chi connectivity index (χ4v) is 1.37. The predicted molar refractivity (Wildman–Crippen MR) is 58.4 cm³/mol. The van der Waals surface area contributed by atoms with Crippen LogP contribution in [0.25, 0.3) is 0 Å². The summed E-state index contributed by atoms with van der Waals surface area (Å²) in [5.74, 6) is 0. The number of rotatable bonds is 0. The Morgan fingerprint density at radius 3 is 2.38 bits per heavy atom. The molecule has 0 heterocycles. The minimum absolute atomic E-state index is 1.11. The molecule has 71 valence electrons. The largest absolute Gasteiger partial charge is 0.0882 e. The van der Waals surface area contributed by atoms with Crippen LogP contribution in [-0.2, 0) is 0 Å². The van der Waals surface area contributed by atoms with E-state index in [1.807, 2.05) is 0 Å². The van der Waals surface area contributed by atoms with Gasteiger partial charge in [0.2, 0.25) is 0 Å². The Balaban J connectivity index is 2.27. The van der Waals surface area contributed by atoms with E-state index in [0.29, 0.717) is 0 Å². The zero-order valence-electron chi connectivity index (χ0n) is 8.34. The Labute approximate surface area is 82.0 Å². The van der Waals surface area contributed by atoms with Gasteiger partial charge in [0.25, 0.3) is 0 Å². The minimum Gasteiger partial charge on any atom is -0.0882 e. The highest BCUT2D eigenvalue weighted by Crippen LogP contribution is 2.03. The van der Waals surface area contributed by atoms with Gasteiger partial charge >= 0.3 is 0 Å². The topological polar surface area (TPSA) is 0 Å². The van der Waals surface area contributed by atoms with Crippen LogP contribution >= 0.6 is 0 Å². The van der Waals surface area contributed by atoms with E-state index in [0.717, 1.165) is 12.8 Å². The van der Waals surface area contributed by atoms with Crippen molar-refractivity contribution in [2.45, 2.75) is 44.9 Å². The minimum atomic E-state index is 1.11. The Hall–Kier alpha value is -0.780. The van der Waals surface area contributed by atoms with Gasteiger partial charge in [0.05, 0.1) is 0 Å². The van der Waals surface area contributed by atoms with Crippen LogP contribution in [0.4, 0.5) is 0 Å². The van der Waals surface area contributed by atoms with Crippen molar-refractivity contribution in [2.24, 2.45) is 0 Å². The molecule has 0 fully saturated rings. The van der Waals surface area contributed by atoms with E-state index in [1.165, 1.54) is 32.1 Å². The van der Waals surface area contributed by atoms with Crippen molar-refractivity contribution in [3.63, 3.8) is 0 Å². The first-order valence-electron chi connectivity index (χ1n) is 5.35. The molecule has 0 nitrogen and oxygen atoms in total. The quantitative estimate of drug-likeness (QED) is 0.484. The smallest absolute Gasteiger partial charge is 0.0169 e. The first kappa shape index (κ1) is 10.3. The molecule has 0 amide bonds. The van der Waals surface area contributed by atoms with Crippen LogP contribution in [0, 0.1) is 6.08 Å². The number of hydrogen-bond acceptors (Lipinski definition) is 0. The van der Waals surface area contributed by atoms with Gasteiger partial charge in [-0.2, -0.15) is 0 Å². The standard InChI is InChI=1S/C13H19/c1-2-4-6-8-10-12-13-11-9-7-5-3-1/h1-2,5,7,10H,3-4,6,8-9,11,13H2/b2-1-,7-5+,12-10?. The molecular weight excluding hydrogens is 156 g/mol. The third-order valence-corrected chi connectivity index (χ3v) is 2.16. The normalized spacial score (nSPS) is 27.7. The van der Waals surface area contributed by atoms with Crippen LogP contribution < -0.4 is 0 Å². The molecule has 0 heteroatoms. The molecule has 0 spiro atoms. The van der Waals surface area contributed by atoms with E-state index >= 15 is 0 Å². The van der Waals surface area contributed by atoms with E-state index in [-0.39, 0.29) is 0 Å². The lowest BCUT2D eigenvalue weighted by atomic mass is 10.2. The molecule has 0 aromatic rings. The molecule has 0 bridgehead atoms. The third-order valence-electron chi connectivity index (χ3n) is 2.16. The van der Waals surface area contributed by atoms with E-state index in [1.54, 1.807) is 0 Å². The molecule has 0 saturated heterocycles. The molecule has 0 aliphatic heterocycles. The summed E-state index contributed by atoms with van der Waals surface area (Å²) in [6.07, 6.45) is 23.0. The molecule has 1 rings (SSSR count). The number of allylic oxidation sites excluding steroid dienone is 6. The van der Waals surface area contributed by atoms with E-state index < -0.39 is 0 Å². The summed E-state index contributed by atoms with van der Waals surface area (Å²) in [6, 6.07) is 0. The lowest BCUT2D eigenvalue weighted by Gasteiger charge is -1.90. The van der Waals surface area contributed by atoms with Gasteiger partial charge in [-0.3, -0.25) is 0 Å². The number of hydrogen-bond donors (Lipinski definition) is 0. The second-order valence-electron chi connectivity index (χ2n) is 3.41. The average Bonchev–Trinajstić information content (AvgIpc) is 2.18. The van der Waals surface area contributed by atoms with Crippen molar-refractivity contribution in [1.82, 2.24) is 0 Å². The maximum Gasteiger partial charge on any atom is -0.0169 e. The Morgan fingerprint density at radius 2 is 1.54 bits per heavy atom. The van der Waals surface area contributed by atoms with Crippen molar-refractivity contribution >= 4 is 0 Å². The molecule has 0 saturated carbocycles. The van der Waals surface area contributed by atoms with Crippen LogP contribution in [0.2, 0.25) is 0 Å². The second-order valence-corrected chi connectivity index (χ2v) is 3.41. The molecule has 0 atom stereocenters. The van der Waals surface area contributed by atoms with Crippen molar-refractivity contribution in [3.05, 3.63) is 36.5 Å². The summed E-state index contributed by atoms with van der Waals surface area (Å²) >= 11 is 0. The molecular formula is C13H19. The molecule has 13 heavy (non-hydrogen) atoms. The fraction of sp³-hybridized carbons (Fsp3) is 0.538. The predicted octanol–water partition coefficient (Wildman–Crippen LogP) is 4.20. The van der Waals surface area contributed by atoms with Crippen molar-refractivity contribution < 1.29 is 0 Å². The first-order valence-corrected chi connectivity index (χ1v) is 5.35. The van der Waals surface area contributed by atoms with Gasteiger partial charge in [-0.15, -0.1) is 0 Å². The summed E-state index contributed by atoms with van der Waals surface area (Å²) in [6.45, 7) is 0. The van der Waals surface area contributed by atoms with Gasteiger partial charge in [-0.05, 0) is 51.0 Å². The van der Waals surface area contributed by atoms with Crippen molar-refractivity contribution in [2.75, 3.05) is 0 Å². The Kier molecular flexibility index (Phi) is 6.22. The lowest BCUT2D eigenvalue weighted by molar-refractivity contribution is 0.830. The monoisotopic (exact) mass is 175 g/mol. The zero-order valence-corrected chi connectivity index (χ0v) is 8.34. The van der Waals surface area contributed by atoms with Gasteiger partial charge in [0.15, 0.2) is 0 Å². The summed E-state index contributed by atoms with van der Waals surface area (Å²) in [5, 5.41) is 0. The third kappa shape index (κ3) is 6.39. The molecule has 1 aliphatic rings. The van der Waals surface area contributed by atoms with Gasteiger partial charge < -0.3 is 0 Å². The molecule has 0 unspecified atom stereocenters. The van der Waals surface area contributed by atoms with Gasteiger partial charge in [0, 0.05) is 0 Å². The van der Waals surface area contributed by atoms with Crippen molar-refractivity contribution in [1.29, 1.82) is 0 Å². The maximum absolute atomic E-state index is 3.34. The summed E-state index contributed by atoms with van der Waals surface area (Å²) < 4.78 is 0. The molecule has 0 N–H and O–H groups in total. The molecule has 1 radical (unpaired) electrons. The van der Waals surface area contributed by atoms with Crippen LogP contribution in [0.1, 0.15) is 44.9 Å². The lowest BCUT2D eigenvalue weighted by Crippen LogP contribution is -1.71. The molecule has 0 aromatic heterocycles. The highest BCUT2D eigenvalue weighted by molar-refractivity contribution is 4.93. The van der Waals surface area contributed by atoms with Gasteiger partial charge in [0.1, 0.15) is 0 Å². The maximum atomic E-state index is 3.34.